The van der Waals surface area contributed by atoms with Crippen molar-refractivity contribution in [2.45, 2.75) is 63.8 Å². The van der Waals surface area contributed by atoms with Gasteiger partial charge in [0.2, 0.25) is 5.88 Å². The molecule has 1 aromatic rings. The molecule has 2 saturated carbocycles. The Hall–Kier alpha value is -2.38. The Balaban J connectivity index is 1.37. The Morgan fingerprint density at radius 1 is 1.24 bits per heavy atom. The number of esters is 1. The van der Waals surface area contributed by atoms with Gasteiger partial charge in [-0.15, -0.1) is 0 Å². The highest BCUT2D eigenvalue weighted by Gasteiger charge is 2.42. The third-order valence-electron chi connectivity index (χ3n) is 7.19. The number of aromatic nitrogens is 2. The maximum absolute atomic E-state index is 13.1. The van der Waals surface area contributed by atoms with E-state index in [0.717, 1.165) is 38.5 Å². The van der Waals surface area contributed by atoms with Crippen molar-refractivity contribution in [2.75, 3.05) is 26.0 Å². The van der Waals surface area contributed by atoms with Gasteiger partial charge in [-0.05, 0) is 62.7 Å². The molecule has 2 aliphatic carbocycles. The van der Waals surface area contributed by atoms with Gasteiger partial charge in [-0.3, -0.25) is 9.59 Å². The third-order valence-corrected chi connectivity index (χ3v) is 7.19. The van der Waals surface area contributed by atoms with E-state index in [1.54, 1.807) is 0 Å². The molecule has 3 aliphatic rings. The van der Waals surface area contributed by atoms with Crippen LogP contribution in [0.2, 0.25) is 0 Å². The van der Waals surface area contributed by atoms with Gasteiger partial charge in [-0.25, -0.2) is 9.97 Å². The minimum Gasteiger partial charge on any atom is -0.475 e. The molecule has 1 aliphatic heterocycles. The van der Waals surface area contributed by atoms with Crippen LogP contribution >= 0.6 is 0 Å². The van der Waals surface area contributed by atoms with Gasteiger partial charge in [0.25, 0.3) is 5.91 Å². The van der Waals surface area contributed by atoms with Gasteiger partial charge in [-0.2, -0.15) is 0 Å². The minimum absolute atomic E-state index is 0.0971. The molecule has 1 spiro atoms. The molecular weight excluding hydrogens is 372 g/mol. The number of rotatable bonds is 3. The number of amides is 1. The first-order valence-electron chi connectivity index (χ1n) is 10.6. The summed E-state index contributed by atoms with van der Waals surface area (Å²) in [7, 11) is 1.46. The molecule has 0 saturated heterocycles. The predicted octanol–water partition coefficient (Wildman–Crippen LogP) is 2.58. The lowest BCUT2D eigenvalue weighted by Gasteiger charge is -2.46. The highest BCUT2D eigenvalue weighted by atomic mass is 16.5. The van der Waals surface area contributed by atoms with Crippen molar-refractivity contribution in [1.29, 1.82) is 0 Å². The maximum Gasteiger partial charge on any atom is 0.305 e. The van der Waals surface area contributed by atoms with Crippen molar-refractivity contribution in [3.05, 3.63) is 11.9 Å². The highest BCUT2D eigenvalue weighted by Crippen LogP contribution is 2.50. The van der Waals surface area contributed by atoms with E-state index in [2.05, 4.69) is 9.97 Å². The Bertz CT molecular complexity index is 766. The quantitative estimate of drug-likeness (QED) is 0.774. The monoisotopic (exact) mass is 402 g/mol. The molecule has 0 atom stereocenters. The van der Waals surface area contributed by atoms with Gasteiger partial charge in [-0.1, -0.05) is 0 Å². The van der Waals surface area contributed by atoms with Crippen molar-refractivity contribution in [3.63, 3.8) is 0 Å². The van der Waals surface area contributed by atoms with Crippen LogP contribution in [-0.2, 0) is 9.53 Å². The Labute approximate surface area is 171 Å². The van der Waals surface area contributed by atoms with E-state index >= 15 is 0 Å². The van der Waals surface area contributed by atoms with Crippen LogP contribution < -0.4 is 10.5 Å². The molecule has 8 nitrogen and oxygen atoms in total. The van der Waals surface area contributed by atoms with Gasteiger partial charge in [0, 0.05) is 12.5 Å². The summed E-state index contributed by atoms with van der Waals surface area (Å²) < 4.78 is 10.5. The molecule has 2 fully saturated rings. The number of anilines is 1. The van der Waals surface area contributed by atoms with Crippen molar-refractivity contribution < 1.29 is 19.1 Å². The number of hydrogen-bond donors (Lipinski definition) is 1. The Morgan fingerprint density at radius 3 is 2.62 bits per heavy atom. The molecule has 4 rings (SSSR count). The molecule has 29 heavy (non-hydrogen) atoms. The topological polar surface area (TPSA) is 108 Å². The summed E-state index contributed by atoms with van der Waals surface area (Å²) in [6.07, 6.45) is 10.6. The molecule has 1 amide bonds. The van der Waals surface area contributed by atoms with Crippen LogP contribution in [0.4, 0.5) is 5.82 Å². The van der Waals surface area contributed by atoms with E-state index in [1.807, 2.05) is 4.90 Å². The first-order chi connectivity index (χ1) is 14.0. The van der Waals surface area contributed by atoms with Gasteiger partial charge < -0.3 is 20.1 Å². The number of ether oxygens (including phenoxy) is 2. The van der Waals surface area contributed by atoms with E-state index in [9.17, 15) is 9.59 Å². The zero-order chi connectivity index (χ0) is 20.4. The summed E-state index contributed by atoms with van der Waals surface area (Å²) in [5.41, 5.74) is 6.62. The first-order valence-corrected chi connectivity index (χ1v) is 10.6. The van der Waals surface area contributed by atoms with Crippen LogP contribution in [0.1, 0.15) is 68.1 Å². The average molecular weight is 402 g/mol. The van der Waals surface area contributed by atoms with Gasteiger partial charge >= 0.3 is 5.97 Å². The molecular formula is C21H30N4O4. The van der Waals surface area contributed by atoms with Gasteiger partial charge in [0.15, 0.2) is 0 Å². The molecule has 0 bridgehead atoms. The average Bonchev–Trinajstić information content (AvgIpc) is 2.90. The lowest BCUT2D eigenvalue weighted by atomic mass is 9.62. The van der Waals surface area contributed by atoms with Crippen LogP contribution in [0.3, 0.4) is 0 Å². The summed E-state index contributed by atoms with van der Waals surface area (Å²) in [6.45, 7) is 0.972. The summed E-state index contributed by atoms with van der Waals surface area (Å²) >= 11 is 0. The smallest absolute Gasteiger partial charge is 0.305 e. The third kappa shape index (κ3) is 4.02. The predicted molar refractivity (Wildman–Crippen MR) is 106 cm³/mol. The fourth-order valence-corrected chi connectivity index (χ4v) is 5.37. The SMILES string of the molecule is COC(=O)CC1CCC2(CC1)CCC(N1CCOc3ncnc(N)c3C1=O)CC2. The second-order valence-electron chi connectivity index (χ2n) is 8.74. The molecule has 8 heteroatoms. The number of hydrogen-bond acceptors (Lipinski definition) is 7. The van der Waals surface area contributed by atoms with Crippen LogP contribution in [0.15, 0.2) is 6.33 Å². The normalized spacial score (nSPS) is 29.7. The Kier molecular flexibility index (Phi) is 5.61. The second kappa shape index (κ2) is 8.16. The number of carbonyl (C=O) groups excluding carboxylic acids is 2. The largest absolute Gasteiger partial charge is 0.475 e. The van der Waals surface area contributed by atoms with E-state index in [-0.39, 0.29) is 23.7 Å². The number of methoxy groups -OCH3 is 1. The van der Waals surface area contributed by atoms with E-state index in [4.69, 9.17) is 15.2 Å². The zero-order valence-electron chi connectivity index (χ0n) is 17.1. The summed E-state index contributed by atoms with van der Waals surface area (Å²) in [4.78, 5) is 34.7. The number of carbonyl (C=O) groups is 2. The van der Waals surface area contributed by atoms with Crippen molar-refractivity contribution in [2.24, 2.45) is 11.3 Å². The fraction of sp³-hybridized carbons (Fsp3) is 0.714. The van der Waals surface area contributed by atoms with E-state index < -0.39 is 0 Å². The molecule has 2 heterocycles. The van der Waals surface area contributed by atoms with Crippen LogP contribution in [0.25, 0.3) is 0 Å². The lowest BCUT2D eigenvalue weighted by molar-refractivity contribution is -0.142. The van der Waals surface area contributed by atoms with Gasteiger partial charge in [0.1, 0.15) is 24.3 Å². The first kappa shape index (κ1) is 19.9. The van der Waals surface area contributed by atoms with Crippen LogP contribution in [0.5, 0.6) is 5.88 Å². The standard InChI is InChI=1S/C21H30N4O4/c1-28-16(26)12-14-2-6-21(7-3-14)8-4-15(5-9-21)25-10-11-29-19-17(20(25)27)18(22)23-13-24-19/h13-15H,2-12H2,1H3,(H2,22,23,24). The molecule has 158 valence electrons. The second-order valence-corrected chi connectivity index (χ2v) is 8.74. The van der Waals surface area contributed by atoms with Crippen molar-refractivity contribution in [3.8, 4) is 5.88 Å². The van der Waals surface area contributed by atoms with E-state index in [1.165, 1.54) is 26.3 Å². The summed E-state index contributed by atoms with van der Waals surface area (Å²) in [5, 5.41) is 0. The molecule has 1 aromatic heterocycles. The van der Waals surface area contributed by atoms with Crippen LogP contribution in [0, 0.1) is 11.3 Å². The minimum atomic E-state index is -0.113. The van der Waals surface area contributed by atoms with E-state index in [0.29, 0.717) is 42.3 Å². The number of nitrogens with zero attached hydrogens (tertiary/aromatic N) is 3. The van der Waals surface area contributed by atoms with Crippen molar-refractivity contribution in [1.82, 2.24) is 14.9 Å². The van der Waals surface area contributed by atoms with Crippen molar-refractivity contribution >= 4 is 17.7 Å². The zero-order valence-corrected chi connectivity index (χ0v) is 17.1. The molecule has 2 N–H and O–H groups in total. The lowest BCUT2D eigenvalue weighted by Crippen LogP contribution is -2.46. The summed E-state index contributed by atoms with van der Waals surface area (Å²) in [6, 6.07) is 0.204. The number of fused-ring (bicyclic) bond motifs is 1. The molecule has 0 aromatic carbocycles. The molecule has 0 unspecified atom stereocenters. The Morgan fingerprint density at radius 2 is 1.93 bits per heavy atom. The van der Waals surface area contributed by atoms with Gasteiger partial charge in [0.05, 0.1) is 13.7 Å². The number of nitrogen functional groups attached to an aromatic ring is 1. The summed E-state index contributed by atoms with van der Waals surface area (Å²) in [5.74, 6) is 0.720. The van der Waals surface area contributed by atoms with Crippen LogP contribution in [-0.4, -0.2) is 53.0 Å². The molecule has 0 radical (unpaired) electrons. The maximum atomic E-state index is 13.1. The fourth-order valence-electron chi connectivity index (χ4n) is 5.37. The number of nitrogens with two attached hydrogens (primary N) is 1. The highest BCUT2D eigenvalue weighted by molar-refractivity contribution is 6.00.